The fraction of sp³-hybridized carbons (Fsp3) is 0.381. The summed E-state index contributed by atoms with van der Waals surface area (Å²) < 4.78 is 43.4. The van der Waals surface area contributed by atoms with Gasteiger partial charge in [0.1, 0.15) is 5.75 Å². The van der Waals surface area contributed by atoms with E-state index in [-0.39, 0.29) is 24.3 Å². The van der Waals surface area contributed by atoms with Gasteiger partial charge >= 0.3 is 6.18 Å². The van der Waals surface area contributed by atoms with Crippen molar-refractivity contribution < 1.29 is 22.7 Å². The van der Waals surface area contributed by atoms with Crippen LogP contribution in [0.2, 0.25) is 0 Å². The molecule has 3 nitrogen and oxygen atoms in total. The van der Waals surface area contributed by atoms with Gasteiger partial charge in [0.25, 0.3) is 5.91 Å². The van der Waals surface area contributed by atoms with E-state index in [1.807, 2.05) is 13.0 Å². The Balaban J connectivity index is 1.56. The van der Waals surface area contributed by atoms with Gasteiger partial charge in [-0.05, 0) is 67.5 Å². The van der Waals surface area contributed by atoms with E-state index in [1.165, 1.54) is 36.1 Å². The zero-order valence-electron chi connectivity index (χ0n) is 15.1. The third-order valence-corrected chi connectivity index (χ3v) is 4.78. The molecule has 1 N–H and O–H groups in total. The predicted octanol–water partition coefficient (Wildman–Crippen LogP) is 4.84. The average molecular weight is 377 g/mol. The summed E-state index contributed by atoms with van der Waals surface area (Å²) in [7, 11) is 0. The lowest BCUT2D eigenvalue weighted by Gasteiger charge is -2.20. The summed E-state index contributed by atoms with van der Waals surface area (Å²) in [6, 6.07) is 10.6. The molecule has 1 atom stereocenters. The number of ether oxygens (including phenoxy) is 1. The maximum Gasteiger partial charge on any atom is 0.416 e. The zero-order chi connectivity index (χ0) is 19.4. The average Bonchev–Trinajstić information content (AvgIpc) is 2.65. The molecule has 1 unspecified atom stereocenters. The first kappa shape index (κ1) is 19.3. The van der Waals surface area contributed by atoms with Gasteiger partial charge in [-0.1, -0.05) is 24.3 Å². The number of benzene rings is 2. The van der Waals surface area contributed by atoms with Gasteiger partial charge in [0.2, 0.25) is 0 Å². The zero-order valence-corrected chi connectivity index (χ0v) is 15.1. The number of amides is 1. The molecule has 3 rings (SSSR count). The highest BCUT2D eigenvalue weighted by molar-refractivity contribution is 5.78. The molecule has 0 aromatic heterocycles. The Kier molecular flexibility index (Phi) is 5.73. The van der Waals surface area contributed by atoms with E-state index in [0.717, 1.165) is 30.5 Å². The van der Waals surface area contributed by atoms with E-state index in [4.69, 9.17) is 4.74 Å². The van der Waals surface area contributed by atoms with Gasteiger partial charge in [0, 0.05) is 0 Å². The monoisotopic (exact) mass is 377 g/mol. The van der Waals surface area contributed by atoms with Crippen LogP contribution in [0.25, 0.3) is 0 Å². The van der Waals surface area contributed by atoms with Crippen molar-refractivity contribution in [3.8, 4) is 5.75 Å². The van der Waals surface area contributed by atoms with Crippen LogP contribution in [0.3, 0.4) is 0 Å². The summed E-state index contributed by atoms with van der Waals surface area (Å²) in [5.41, 5.74) is 2.92. The second-order valence-electron chi connectivity index (χ2n) is 6.84. The van der Waals surface area contributed by atoms with Crippen molar-refractivity contribution in [1.29, 1.82) is 0 Å². The molecule has 1 amide bonds. The first-order chi connectivity index (χ1) is 12.8. The number of hydrogen-bond donors (Lipinski definition) is 1. The number of rotatable bonds is 5. The molecule has 1 aliphatic carbocycles. The third kappa shape index (κ3) is 5.02. The van der Waals surface area contributed by atoms with E-state index < -0.39 is 11.7 Å². The minimum Gasteiger partial charge on any atom is -0.484 e. The summed E-state index contributed by atoms with van der Waals surface area (Å²) in [5.74, 6) is -0.362. The van der Waals surface area contributed by atoms with Crippen molar-refractivity contribution in [3.63, 3.8) is 0 Å². The molecule has 0 saturated heterocycles. The van der Waals surface area contributed by atoms with Crippen LogP contribution in [0.5, 0.6) is 5.75 Å². The summed E-state index contributed by atoms with van der Waals surface area (Å²) in [4.78, 5) is 12.1. The van der Waals surface area contributed by atoms with Crippen LogP contribution in [0, 0.1) is 0 Å². The predicted molar refractivity (Wildman–Crippen MR) is 96.6 cm³/mol. The minimum atomic E-state index is -4.44. The molecule has 0 aliphatic heterocycles. The summed E-state index contributed by atoms with van der Waals surface area (Å²) in [6.45, 7) is 1.54. The molecule has 2 aromatic rings. The lowest BCUT2D eigenvalue weighted by Crippen LogP contribution is -2.31. The molecule has 0 saturated carbocycles. The van der Waals surface area contributed by atoms with Gasteiger partial charge in [0.05, 0.1) is 11.6 Å². The largest absolute Gasteiger partial charge is 0.484 e. The highest BCUT2D eigenvalue weighted by Gasteiger charge is 2.30. The van der Waals surface area contributed by atoms with Gasteiger partial charge < -0.3 is 10.1 Å². The minimum absolute atomic E-state index is 0.0152. The molecule has 6 heteroatoms. The van der Waals surface area contributed by atoms with E-state index in [2.05, 4.69) is 17.4 Å². The second kappa shape index (κ2) is 8.03. The van der Waals surface area contributed by atoms with Gasteiger partial charge in [-0.2, -0.15) is 13.2 Å². The van der Waals surface area contributed by atoms with Crippen LogP contribution in [0.15, 0.2) is 42.5 Å². The lowest BCUT2D eigenvalue weighted by molar-refractivity contribution is -0.137. The van der Waals surface area contributed by atoms with Gasteiger partial charge in [-0.3, -0.25) is 4.79 Å². The molecule has 144 valence electrons. The molecule has 27 heavy (non-hydrogen) atoms. The first-order valence-corrected chi connectivity index (χ1v) is 9.04. The molecular formula is C21H22F3NO2. The quantitative estimate of drug-likeness (QED) is 0.810. The molecule has 1 aliphatic rings. The van der Waals surface area contributed by atoms with Crippen molar-refractivity contribution in [2.24, 2.45) is 0 Å². The van der Waals surface area contributed by atoms with Crippen molar-refractivity contribution in [3.05, 3.63) is 64.7 Å². The maximum absolute atomic E-state index is 12.7. The fourth-order valence-electron chi connectivity index (χ4n) is 3.30. The molecule has 0 spiro atoms. The van der Waals surface area contributed by atoms with Gasteiger partial charge in [0.15, 0.2) is 6.61 Å². The number of carbonyl (C=O) groups is 1. The molecule has 0 fully saturated rings. The van der Waals surface area contributed by atoms with Crippen LogP contribution in [-0.4, -0.2) is 12.5 Å². The smallest absolute Gasteiger partial charge is 0.416 e. The first-order valence-electron chi connectivity index (χ1n) is 9.04. The Labute approximate surface area is 156 Å². The Bertz CT molecular complexity index is 817. The van der Waals surface area contributed by atoms with E-state index in [9.17, 15) is 18.0 Å². The second-order valence-corrected chi connectivity index (χ2v) is 6.84. The van der Waals surface area contributed by atoms with Crippen molar-refractivity contribution in [1.82, 2.24) is 5.32 Å². The summed E-state index contributed by atoms with van der Waals surface area (Å²) in [6.07, 6.45) is 0.111. The summed E-state index contributed by atoms with van der Waals surface area (Å²) >= 11 is 0. The Morgan fingerprint density at radius 1 is 1.11 bits per heavy atom. The van der Waals surface area contributed by atoms with E-state index in [1.54, 1.807) is 0 Å². The molecule has 0 bridgehead atoms. The van der Waals surface area contributed by atoms with Crippen LogP contribution in [0.1, 0.15) is 48.1 Å². The standard InChI is InChI=1S/C21H22F3NO2/c1-14(16-10-9-15-5-2-3-6-17(15)11-16)25-20(26)13-27-19-8-4-7-18(12-19)21(22,23)24/h4,7-12,14H,2-3,5-6,13H2,1H3,(H,25,26). The number of halogens is 3. The molecule has 0 heterocycles. The van der Waals surface area contributed by atoms with Crippen LogP contribution in [0.4, 0.5) is 13.2 Å². The lowest BCUT2D eigenvalue weighted by atomic mass is 9.89. The Hall–Kier alpha value is -2.50. The highest BCUT2D eigenvalue weighted by atomic mass is 19.4. The van der Waals surface area contributed by atoms with Gasteiger partial charge in [-0.25, -0.2) is 0 Å². The van der Waals surface area contributed by atoms with Crippen molar-refractivity contribution in [2.75, 3.05) is 6.61 Å². The molecule has 2 aromatic carbocycles. The van der Waals surface area contributed by atoms with Crippen LogP contribution in [-0.2, 0) is 23.8 Å². The number of fused-ring (bicyclic) bond motifs is 1. The van der Waals surface area contributed by atoms with E-state index in [0.29, 0.717) is 0 Å². The normalized spacial score (nSPS) is 15.0. The molecule has 0 radical (unpaired) electrons. The van der Waals surface area contributed by atoms with Gasteiger partial charge in [-0.15, -0.1) is 0 Å². The summed E-state index contributed by atoms with van der Waals surface area (Å²) in [5, 5.41) is 2.83. The van der Waals surface area contributed by atoms with Crippen molar-refractivity contribution in [2.45, 2.75) is 44.8 Å². The number of aryl methyl sites for hydroxylation is 2. The topological polar surface area (TPSA) is 38.3 Å². The SMILES string of the molecule is CC(NC(=O)COc1cccc(C(F)(F)F)c1)c1ccc2c(c1)CCCC2. The van der Waals surface area contributed by atoms with Crippen LogP contribution >= 0.6 is 0 Å². The molecular weight excluding hydrogens is 355 g/mol. The third-order valence-electron chi connectivity index (χ3n) is 4.78. The number of alkyl halides is 3. The van der Waals surface area contributed by atoms with E-state index >= 15 is 0 Å². The fourth-order valence-corrected chi connectivity index (χ4v) is 3.30. The number of carbonyl (C=O) groups excluding carboxylic acids is 1. The van der Waals surface area contributed by atoms with Crippen LogP contribution < -0.4 is 10.1 Å². The number of hydrogen-bond acceptors (Lipinski definition) is 2. The van der Waals surface area contributed by atoms with Crippen molar-refractivity contribution >= 4 is 5.91 Å². The Morgan fingerprint density at radius 3 is 2.59 bits per heavy atom. The highest BCUT2D eigenvalue weighted by Crippen LogP contribution is 2.31. The maximum atomic E-state index is 12.7. The number of nitrogens with one attached hydrogen (secondary N) is 1. The Morgan fingerprint density at radius 2 is 1.85 bits per heavy atom.